The quantitative estimate of drug-likeness (QED) is 0.913. The van der Waals surface area contributed by atoms with Crippen LogP contribution in [0.25, 0.3) is 5.69 Å². The van der Waals surface area contributed by atoms with E-state index in [1.54, 1.807) is 0 Å². The van der Waals surface area contributed by atoms with Crippen LogP contribution in [0.5, 0.6) is 0 Å². The van der Waals surface area contributed by atoms with Crippen LogP contribution in [0, 0.1) is 0 Å². The van der Waals surface area contributed by atoms with Crippen LogP contribution in [-0.4, -0.2) is 35.0 Å². The van der Waals surface area contributed by atoms with Crippen molar-refractivity contribution in [3.05, 3.63) is 48.8 Å². The molecule has 1 aromatic carbocycles. The summed E-state index contributed by atoms with van der Waals surface area (Å²) in [5.41, 5.74) is 1.80. The van der Waals surface area contributed by atoms with E-state index < -0.39 is 12.2 Å². The molecule has 1 aliphatic rings. The standard InChI is InChI=1S/C14H14N2O3/c17-10-13-9-16(14(18)19-13)12-5-3-11(4-6-12)15-7-1-2-8-15/h1-8,13,17H,9-10H2/t13-/m0/s1. The van der Waals surface area contributed by atoms with Crippen molar-refractivity contribution in [2.45, 2.75) is 6.10 Å². The second kappa shape index (κ2) is 4.78. The number of cyclic esters (lactones) is 1. The van der Waals surface area contributed by atoms with Gasteiger partial charge in [0.1, 0.15) is 6.10 Å². The van der Waals surface area contributed by atoms with Gasteiger partial charge in [0.15, 0.2) is 0 Å². The lowest BCUT2D eigenvalue weighted by Crippen LogP contribution is -2.25. The number of rotatable bonds is 3. The minimum atomic E-state index is -0.434. The number of aliphatic hydroxyl groups excluding tert-OH is 1. The summed E-state index contributed by atoms with van der Waals surface area (Å²) in [6.07, 6.45) is 3.08. The minimum absolute atomic E-state index is 0.149. The monoisotopic (exact) mass is 258 g/mol. The summed E-state index contributed by atoms with van der Waals surface area (Å²) in [4.78, 5) is 13.2. The van der Waals surface area contributed by atoms with E-state index in [1.165, 1.54) is 4.90 Å². The van der Waals surface area contributed by atoms with Crippen molar-refractivity contribution in [1.29, 1.82) is 0 Å². The van der Waals surface area contributed by atoms with Crippen LogP contribution < -0.4 is 4.90 Å². The lowest BCUT2D eigenvalue weighted by Gasteiger charge is -2.13. The van der Waals surface area contributed by atoms with E-state index in [0.717, 1.165) is 11.4 Å². The fraction of sp³-hybridized carbons (Fsp3) is 0.214. The van der Waals surface area contributed by atoms with Gasteiger partial charge in [-0.3, -0.25) is 4.90 Å². The summed E-state index contributed by atoms with van der Waals surface area (Å²) < 4.78 is 7.00. The highest BCUT2D eigenvalue weighted by Gasteiger charge is 2.31. The Bertz CT molecular complexity index is 563. The summed E-state index contributed by atoms with van der Waals surface area (Å²) in [5, 5.41) is 9.01. The van der Waals surface area contributed by atoms with Crippen LogP contribution in [0.4, 0.5) is 10.5 Å². The van der Waals surface area contributed by atoms with E-state index in [1.807, 2.05) is 53.4 Å². The molecule has 0 aliphatic carbocycles. The molecule has 2 aromatic rings. The van der Waals surface area contributed by atoms with Gasteiger partial charge < -0.3 is 14.4 Å². The Morgan fingerprint density at radius 2 is 1.79 bits per heavy atom. The molecule has 98 valence electrons. The molecule has 0 bridgehead atoms. The molecule has 5 nitrogen and oxygen atoms in total. The third kappa shape index (κ3) is 2.20. The van der Waals surface area contributed by atoms with Gasteiger partial charge >= 0.3 is 6.09 Å². The number of amides is 1. The first kappa shape index (κ1) is 11.8. The van der Waals surface area contributed by atoms with E-state index in [0.29, 0.717) is 6.54 Å². The van der Waals surface area contributed by atoms with Crippen molar-refractivity contribution >= 4 is 11.8 Å². The zero-order chi connectivity index (χ0) is 13.2. The minimum Gasteiger partial charge on any atom is -0.441 e. The molecule has 0 radical (unpaired) electrons. The number of nitrogens with zero attached hydrogens (tertiary/aromatic N) is 2. The second-order valence-electron chi connectivity index (χ2n) is 4.41. The number of hydrogen-bond donors (Lipinski definition) is 1. The highest BCUT2D eigenvalue weighted by Crippen LogP contribution is 2.22. The van der Waals surface area contributed by atoms with E-state index in [2.05, 4.69) is 0 Å². The number of benzene rings is 1. The SMILES string of the molecule is O=C1O[C@H](CO)CN1c1ccc(-n2cccc2)cc1. The van der Waals surface area contributed by atoms with Crippen molar-refractivity contribution in [2.75, 3.05) is 18.1 Å². The summed E-state index contributed by atoms with van der Waals surface area (Å²) in [6, 6.07) is 11.5. The molecule has 0 spiro atoms. The van der Waals surface area contributed by atoms with Gasteiger partial charge in [0.2, 0.25) is 0 Å². The number of ether oxygens (including phenoxy) is 1. The average molecular weight is 258 g/mol. The first-order valence-electron chi connectivity index (χ1n) is 6.10. The molecule has 2 heterocycles. The van der Waals surface area contributed by atoms with Gasteiger partial charge in [0, 0.05) is 23.8 Å². The van der Waals surface area contributed by atoms with E-state index in [-0.39, 0.29) is 6.61 Å². The van der Waals surface area contributed by atoms with Crippen molar-refractivity contribution in [2.24, 2.45) is 0 Å². The number of hydrogen-bond acceptors (Lipinski definition) is 3. The number of carbonyl (C=O) groups excluding carboxylic acids is 1. The van der Waals surface area contributed by atoms with Crippen molar-refractivity contribution in [1.82, 2.24) is 4.57 Å². The van der Waals surface area contributed by atoms with E-state index in [9.17, 15) is 4.79 Å². The maximum Gasteiger partial charge on any atom is 0.414 e. The molecule has 3 rings (SSSR count). The van der Waals surface area contributed by atoms with Gasteiger partial charge in [0.25, 0.3) is 0 Å². The zero-order valence-corrected chi connectivity index (χ0v) is 10.3. The molecular weight excluding hydrogens is 244 g/mol. The largest absolute Gasteiger partial charge is 0.441 e. The Morgan fingerprint density at radius 3 is 2.37 bits per heavy atom. The van der Waals surface area contributed by atoms with Crippen LogP contribution in [0.3, 0.4) is 0 Å². The fourth-order valence-electron chi connectivity index (χ4n) is 2.14. The molecule has 0 saturated carbocycles. The van der Waals surface area contributed by atoms with Crippen molar-refractivity contribution in [3.63, 3.8) is 0 Å². The summed E-state index contributed by atoms with van der Waals surface area (Å²) in [7, 11) is 0. The molecule has 5 heteroatoms. The molecule has 1 N–H and O–H groups in total. The smallest absolute Gasteiger partial charge is 0.414 e. The van der Waals surface area contributed by atoms with Crippen LogP contribution in [0.15, 0.2) is 48.8 Å². The lowest BCUT2D eigenvalue weighted by molar-refractivity contribution is 0.0963. The fourth-order valence-corrected chi connectivity index (χ4v) is 2.14. The van der Waals surface area contributed by atoms with Crippen molar-refractivity contribution < 1.29 is 14.6 Å². The molecule has 1 atom stereocenters. The van der Waals surface area contributed by atoms with Gasteiger partial charge in [-0.15, -0.1) is 0 Å². The highest BCUT2D eigenvalue weighted by atomic mass is 16.6. The molecule has 0 unspecified atom stereocenters. The predicted octanol–water partition coefficient (Wildman–Crippen LogP) is 1.79. The molecule has 1 saturated heterocycles. The maximum absolute atomic E-state index is 11.6. The lowest BCUT2D eigenvalue weighted by atomic mass is 10.2. The molecule has 1 aliphatic heterocycles. The third-order valence-corrected chi connectivity index (χ3v) is 3.14. The topological polar surface area (TPSA) is 54.7 Å². The number of carbonyl (C=O) groups is 1. The molecule has 1 amide bonds. The van der Waals surface area contributed by atoms with Gasteiger partial charge in [-0.1, -0.05) is 0 Å². The van der Waals surface area contributed by atoms with Crippen LogP contribution in [0.1, 0.15) is 0 Å². The molecule has 19 heavy (non-hydrogen) atoms. The van der Waals surface area contributed by atoms with Gasteiger partial charge in [-0.2, -0.15) is 0 Å². The first-order valence-corrected chi connectivity index (χ1v) is 6.10. The first-order chi connectivity index (χ1) is 9.28. The summed E-state index contributed by atoms with van der Waals surface area (Å²) in [6.45, 7) is 0.238. The third-order valence-electron chi connectivity index (χ3n) is 3.14. The molecule has 1 fully saturated rings. The normalized spacial score (nSPS) is 18.7. The van der Waals surface area contributed by atoms with Gasteiger partial charge in [-0.05, 0) is 36.4 Å². The van der Waals surface area contributed by atoms with Crippen LogP contribution >= 0.6 is 0 Å². The summed E-state index contributed by atoms with van der Waals surface area (Å²) >= 11 is 0. The maximum atomic E-state index is 11.6. The average Bonchev–Trinajstić information content (AvgIpc) is 3.08. The van der Waals surface area contributed by atoms with Crippen molar-refractivity contribution in [3.8, 4) is 5.69 Å². The van der Waals surface area contributed by atoms with E-state index >= 15 is 0 Å². The summed E-state index contributed by atoms with van der Waals surface area (Å²) in [5.74, 6) is 0. The molecular formula is C14H14N2O3. The number of aromatic nitrogens is 1. The Balaban J connectivity index is 1.81. The Hall–Kier alpha value is -2.27. The van der Waals surface area contributed by atoms with Gasteiger partial charge in [0.05, 0.1) is 13.2 Å². The van der Waals surface area contributed by atoms with E-state index in [4.69, 9.17) is 9.84 Å². The van der Waals surface area contributed by atoms with Crippen LogP contribution in [0.2, 0.25) is 0 Å². The Labute approximate surface area is 110 Å². The Morgan fingerprint density at radius 1 is 1.16 bits per heavy atom. The second-order valence-corrected chi connectivity index (χ2v) is 4.41. The Kier molecular flexibility index (Phi) is 2.97. The van der Waals surface area contributed by atoms with Gasteiger partial charge in [-0.25, -0.2) is 4.79 Å². The predicted molar refractivity (Wildman–Crippen MR) is 70.5 cm³/mol. The zero-order valence-electron chi connectivity index (χ0n) is 10.3. The highest BCUT2D eigenvalue weighted by molar-refractivity contribution is 5.89. The molecule has 1 aromatic heterocycles. The van der Waals surface area contributed by atoms with Crippen LogP contribution in [-0.2, 0) is 4.74 Å². The number of aliphatic hydroxyl groups is 1. The number of anilines is 1.